The summed E-state index contributed by atoms with van der Waals surface area (Å²) in [5.74, 6) is 0.535. The van der Waals surface area contributed by atoms with E-state index in [0.29, 0.717) is 36.2 Å². The van der Waals surface area contributed by atoms with Gasteiger partial charge in [-0.05, 0) is 57.0 Å². The third-order valence-electron chi connectivity index (χ3n) is 5.83. The van der Waals surface area contributed by atoms with Crippen molar-refractivity contribution in [2.24, 2.45) is 0 Å². The van der Waals surface area contributed by atoms with Crippen LogP contribution in [0.15, 0.2) is 59.4 Å². The maximum atomic E-state index is 13.5. The predicted molar refractivity (Wildman–Crippen MR) is 131 cm³/mol. The van der Waals surface area contributed by atoms with E-state index in [1.165, 1.54) is 4.68 Å². The Morgan fingerprint density at radius 1 is 1.03 bits per heavy atom. The van der Waals surface area contributed by atoms with Crippen molar-refractivity contribution in [1.29, 1.82) is 0 Å². The van der Waals surface area contributed by atoms with Crippen LogP contribution in [0.3, 0.4) is 0 Å². The molecular formula is C26H29N5O3. The van der Waals surface area contributed by atoms with Gasteiger partial charge in [-0.2, -0.15) is 10.2 Å². The Hall–Kier alpha value is -3.94. The summed E-state index contributed by atoms with van der Waals surface area (Å²) < 4.78 is 8.51. The summed E-state index contributed by atoms with van der Waals surface area (Å²) in [4.78, 5) is 26.5. The molecule has 1 amide bonds. The van der Waals surface area contributed by atoms with E-state index in [9.17, 15) is 9.59 Å². The smallest absolute Gasteiger partial charge is 0.278 e. The molecule has 0 fully saturated rings. The average Bonchev–Trinajstić information content (AvgIpc) is 3.21. The van der Waals surface area contributed by atoms with E-state index in [1.54, 1.807) is 4.68 Å². The lowest BCUT2D eigenvalue weighted by molar-refractivity contribution is -0.125. The standard InChI is InChI=1S/C26H29N5O3/c1-5-22(25(32)27-16-19-12-14-21(15-13-19)34-6-2)31-26(33)23-18(4)30(20-10-8-7-9-11-20)29-24(23)17(3)28-31/h7-15,22H,5-6,16H2,1-4H3,(H,27,32). The van der Waals surface area contributed by atoms with Crippen LogP contribution in [0.1, 0.15) is 43.3 Å². The molecule has 0 aliphatic carbocycles. The summed E-state index contributed by atoms with van der Waals surface area (Å²) in [5.41, 5.74) is 3.36. The van der Waals surface area contributed by atoms with Gasteiger partial charge in [0, 0.05) is 6.54 Å². The molecule has 2 aromatic carbocycles. The van der Waals surface area contributed by atoms with Crippen LogP contribution in [0.2, 0.25) is 0 Å². The molecule has 1 unspecified atom stereocenters. The van der Waals surface area contributed by atoms with Crippen molar-refractivity contribution in [3.63, 3.8) is 0 Å². The van der Waals surface area contributed by atoms with Crippen molar-refractivity contribution in [1.82, 2.24) is 24.9 Å². The van der Waals surface area contributed by atoms with Gasteiger partial charge in [0.05, 0.1) is 29.1 Å². The van der Waals surface area contributed by atoms with E-state index in [2.05, 4.69) is 15.5 Å². The molecule has 4 rings (SSSR count). The van der Waals surface area contributed by atoms with E-state index >= 15 is 0 Å². The molecule has 4 aromatic rings. The van der Waals surface area contributed by atoms with E-state index in [-0.39, 0.29) is 11.5 Å². The van der Waals surface area contributed by atoms with Crippen LogP contribution in [-0.2, 0) is 11.3 Å². The van der Waals surface area contributed by atoms with Crippen LogP contribution >= 0.6 is 0 Å². The number of ether oxygens (including phenoxy) is 1. The van der Waals surface area contributed by atoms with Crippen LogP contribution in [0, 0.1) is 13.8 Å². The fourth-order valence-corrected chi connectivity index (χ4v) is 4.06. The molecule has 0 saturated carbocycles. The highest BCUT2D eigenvalue weighted by Crippen LogP contribution is 2.21. The fraction of sp³-hybridized carbons (Fsp3) is 0.308. The number of nitrogens with zero attached hydrogens (tertiary/aromatic N) is 4. The number of nitrogens with one attached hydrogen (secondary N) is 1. The van der Waals surface area contributed by atoms with Crippen LogP contribution in [0.5, 0.6) is 5.75 Å². The number of carbonyl (C=O) groups excluding carboxylic acids is 1. The third-order valence-corrected chi connectivity index (χ3v) is 5.83. The summed E-state index contributed by atoms with van der Waals surface area (Å²) >= 11 is 0. The first-order valence-corrected chi connectivity index (χ1v) is 11.5. The highest BCUT2D eigenvalue weighted by atomic mass is 16.5. The second-order valence-corrected chi connectivity index (χ2v) is 8.11. The fourth-order valence-electron chi connectivity index (χ4n) is 4.06. The predicted octanol–water partition coefficient (Wildman–Crippen LogP) is 3.87. The molecule has 2 heterocycles. The molecular weight excluding hydrogens is 430 g/mol. The molecule has 0 saturated heterocycles. The minimum Gasteiger partial charge on any atom is -0.494 e. The number of aryl methyl sites for hydroxylation is 2. The van der Waals surface area contributed by atoms with Gasteiger partial charge in [0.1, 0.15) is 17.3 Å². The lowest BCUT2D eigenvalue weighted by atomic mass is 10.1. The SMILES string of the molecule is CCOc1ccc(CNC(=O)C(CC)n2nc(C)c3nn(-c4ccccc4)c(C)c3c2=O)cc1. The lowest BCUT2D eigenvalue weighted by Crippen LogP contribution is -2.38. The summed E-state index contributed by atoms with van der Waals surface area (Å²) in [5, 5.41) is 12.5. The number of para-hydroxylation sites is 1. The van der Waals surface area contributed by atoms with Gasteiger partial charge in [0.25, 0.3) is 5.56 Å². The van der Waals surface area contributed by atoms with Gasteiger partial charge in [-0.15, -0.1) is 0 Å². The summed E-state index contributed by atoms with van der Waals surface area (Å²) in [7, 11) is 0. The van der Waals surface area contributed by atoms with Gasteiger partial charge in [-0.3, -0.25) is 9.59 Å². The zero-order valence-corrected chi connectivity index (χ0v) is 19.9. The molecule has 176 valence electrons. The summed E-state index contributed by atoms with van der Waals surface area (Å²) in [6.07, 6.45) is 0.429. The second-order valence-electron chi connectivity index (χ2n) is 8.11. The van der Waals surface area contributed by atoms with Crippen molar-refractivity contribution in [2.45, 2.75) is 46.7 Å². The van der Waals surface area contributed by atoms with Crippen LogP contribution in [0.4, 0.5) is 0 Å². The Kier molecular flexibility index (Phi) is 6.77. The molecule has 0 bridgehead atoms. The summed E-state index contributed by atoms with van der Waals surface area (Å²) in [6, 6.07) is 16.5. The minimum absolute atomic E-state index is 0.252. The number of rotatable bonds is 8. The first-order valence-electron chi connectivity index (χ1n) is 11.5. The van der Waals surface area contributed by atoms with Gasteiger partial charge in [0.15, 0.2) is 0 Å². The molecule has 8 heteroatoms. The van der Waals surface area contributed by atoms with E-state index in [0.717, 1.165) is 22.7 Å². The lowest BCUT2D eigenvalue weighted by Gasteiger charge is -2.17. The largest absolute Gasteiger partial charge is 0.494 e. The highest BCUT2D eigenvalue weighted by Gasteiger charge is 2.25. The van der Waals surface area contributed by atoms with Crippen molar-refractivity contribution in [2.75, 3.05) is 6.61 Å². The van der Waals surface area contributed by atoms with Crippen LogP contribution in [0.25, 0.3) is 16.6 Å². The van der Waals surface area contributed by atoms with Crippen LogP contribution < -0.4 is 15.6 Å². The third kappa shape index (κ3) is 4.44. The average molecular weight is 460 g/mol. The number of carbonyl (C=O) groups is 1. The number of hydrogen-bond donors (Lipinski definition) is 1. The van der Waals surface area contributed by atoms with E-state index < -0.39 is 6.04 Å². The van der Waals surface area contributed by atoms with Crippen molar-refractivity contribution < 1.29 is 9.53 Å². The maximum absolute atomic E-state index is 13.5. The van der Waals surface area contributed by atoms with Crippen LogP contribution in [-0.4, -0.2) is 32.1 Å². The Bertz CT molecular complexity index is 1360. The molecule has 0 aliphatic heterocycles. The molecule has 1 N–H and O–H groups in total. The normalized spacial score (nSPS) is 12.0. The molecule has 0 radical (unpaired) electrons. The Morgan fingerprint density at radius 3 is 2.38 bits per heavy atom. The molecule has 2 aromatic heterocycles. The minimum atomic E-state index is -0.724. The van der Waals surface area contributed by atoms with Gasteiger partial charge in [-0.25, -0.2) is 9.36 Å². The van der Waals surface area contributed by atoms with Crippen molar-refractivity contribution >= 4 is 16.8 Å². The van der Waals surface area contributed by atoms with Gasteiger partial charge < -0.3 is 10.1 Å². The Morgan fingerprint density at radius 2 is 1.74 bits per heavy atom. The zero-order chi connectivity index (χ0) is 24.2. The Labute approximate surface area is 198 Å². The van der Waals surface area contributed by atoms with Gasteiger partial charge in [0.2, 0.25) is 5.91 Å². The highest BCUT2D eigenvalue weighted by molar-refractivity contribution is 5.84. The molecule has 8 nitrogen and oxygen atoms in total. The first-order chi connectivity index (χ1) is 16.4. The molecule has 0 aliphatic rings. The number of hydrogen-bond acceptors (Lipinski definition) is 5. The molecule has 1 atom stereocenters. The van der Waals surface area contributed by atoms with E-state index in [4.69, 9.17) is 4.74 Å². The molecule has 0 spiro atoms. The first kappa shape index (κ1) is 23.2. The Balaban J connectivity index is 1.63. The topological polar surface area (TPSA) is 91.0 Å². The number of fused-ring (bicyclic) bond motifs is 1. The molecule has 34 heavy (non-hydrogen) atoms. The van der Waals surface area contributed by atoms with Crippen molar-refractivity contribution in [3.8, 4) is 11.4 Å². The van der Waals surface area contributed by atoms with Crippen molar-refractivity contribution in [3.05, 3.63) is 81.9 Å². The number of amides is 1. The second kappa shape index (κ2) is 9.91. The van der Waals surface area contributed by atoms with Gasteiger partial charge >= 0.3 is 0 Å². The monoisotopic (exact) mass is 459 g/mol. The number of aromatic nitrogens is 4. The van der Waals surface area contributed by atoms with Gasteiger partial charge in [-0.1, -0.05) is 37.3 Å². The quantitative estimate of drug-likeness (QED) is 0.432. The summed E-state index contributed by atoms with van der Waals surface area (Å²) in [6.45, 7) is 8.43. The zero-order valence-electron chi connectivity index (χ0n) is 19.9. The maximum Gasteiger partial charge on any atom is 0.278 e. The number of benzene rings is 2. The van der Waals surface area contributed by atoms with E-state index in [1.807, 2.05) is 82.3 Å².